The summed E-state index contributed by atoms with van der Waals surface area (Å²) in [5.74, 6) is 0.877. The first kappa shape index (κ1) is 86.6. The number of rotatable bonds is 20. The van der Waals surface area contributed by atoms with Gasteiger partial charge in [-0.1, -0.05) is 191 Å². The summed E-state index contributed by atoms with van der Waals surface area (Å²) in [6.07, 6.45) is 37.3. The molecular formula is C93H110IrN7NiO3PdPt-. The number of ether oxygens (including phenoxy) is 2. The molecule has 1 saturated heterocycles. The number of phenols is 1. The zero-order valence-electron chi connectivity index (χ0n) is 64.2. The van der Waals surface area contributed by atoms with E-state index in [0.29, 0.717) is 53.1 Å². The number of anilines is 2. The molecule has 6 aliphatic rings. The van der Waals surface area contributed by atoms with Crippen molar-refractivity contribution in [2.45, 2.75) is 214 Å². The summed E-state index contributed by atoms with van der Waals surface area (Å²) in [7, 11) is 0. The van der Waals surface area contributed by atoms with E-state index in [1.807, 2.05) is 81.1 Å². The molecule has 4 saturated carbocycles. The van der Waals surface area contributed by atoms with Gasteiger partial charge in [0.2, 0.25) is 0 Å². The molecule has 0 bridgehead atoms. The van der Waals surface area contributed by atoms with Gasteiger partial charge < -0.3 is 36.0 Å². The average molecular weight is 1930 g/mol. The van der Waals surface area contributed by atoms with Crippen molar-refractivity contribution in [1.82, 2.24) is 14.8 Å². The maximum Gasteiger partial charge on any atom is 2.00 e. The summed E-state index contributed by atoms with van der Waals surface area (Å²) in [4.78, 5) is 4.57. The van der Waals surface area contributed by atoms with Crippen LogP contribution in [0, 0.1) is 45.8 Å². The topological polar surface area (TPSA) is 138 Å². The van der Waals surface area contributed by atoms with Gasteiger partial charge in [-0.15, -0.1) is 29.3 Å². The molecule has 10 nitrogen and oxygen atoms in total. The zero-order chi connectivity index (χ0) is 72.2. The van der Waals surface area contributed by atoms with Gasteiger partial charge in [-0.25, -0.2) is 0 Å². The Balaban J connectivity index is 0.000000181. The van der Waals surface area contributed by atoms with E-state index in [2.05, 4.69) is 190 Å². The van der Waals surface area contributed by atoms with E-state index >= 15 is 0 Å². The summed E-state index contributed by atoms with van der Waals surface area (Å²) in [5.41, 5.74) is 18.1. The molecule has 2 aromatic heterocycles. The Morgan fingerprint density at radius 3 is 1.97 bits per heavy atom. The molecule has 0 amide bonds. The van der Waals surface area contributed by atoms with Crippen molar-refractivity contribution in [1.29, 1.82) is 0 Å². The van der Waals surface area contributed by atoms with E-state index < -0.39 is 5.60 Å². The molecule has 0 spiro atoms. The molecule has 3 atom stereocenters. The first-order valence-corrected chi connectivity index (χ1v) is 38.7. The fourth-order valence-electron chi connectivity index (χ4n) is 18.1. The predicted octanol–water partition coefficient (Wildman–Crippen LogP) is 23.7. The van der Waals surface area contributed by atoms with Crippen LogP contribution in [0.4, 0.5) is 11.4 Å². The van der Waals surface area contributed by atoms with Gasteiger partial charge in [0.15, 0.2) is 0 Å². The Kier molecular flexibility index (Phi) is 31.4. The van der Waals surface area contributed by atoms with Crippen molar-refractivity contribution in [2.24, 2.45) is 27.6 Å². The Morgan fingerprint density at radius 2 is 1.29 bits per heavy atom. The summed E-state index contributed by atoms with van der Waals surface area (Å²) >= 11 is 0. The maximum absolute atomic E-state index is 10.3. The number of aromatic hydroxyl groups is 1. The van der Waals surface area contributed by atoms with Gasteiger partial charge in [-0.05, 0) is 186 Å². The molecular weight excluding hydrogens is 1820 g/mol. The minimum Gasteiger partial charge on any atom is -0.810 e. The van der Waals surface area contributed by atoms with Gasteiger partial charge >= 0.3 is 41.5 Å². The molecule has 15 rings (SSSR count). The van der Waals surface area contributed by atoms with Crippen LogP contribution in [0.3, 0.4) is 0 Å². The Hall–Kier alpha value is -5.95. The van der Waals surface area contributed by atoms with Crippen LogP contribution in [-0.4, -0.2) is 57.7 Å². The Labute approximate surface area is 691 Å². The van der Waals surface area contributed by atoms with Gasteiger partial charge in [0.05, 0.1) is 42.8 Å². The smallest absolute Gasteiger partial charge is 0.810 e. The van der Waals surface area contributed by atoms with Gasteiger partial charge in [-0.2, -0.15) is 77.7 Å². The third-order valence-corrected chi connectivity index (χ3v) is 25.0. The van der Waals surface area contributed by atoms with Crippen molar-refractivity contribution in [2.75, 3.05) is 30.5 Å². The normalized spacial score (nSPS) is 19.5. The maximum atomic E-state index is 10.3. The molecule has 3 N–H and O–H groups in total. The fourth-order valence-corrected chi connectivity index (χ4v) is 18.1. The van der Waals surface area contributed by atoms with Crippen LogP contribution < -0.4 is 10.6 Å². The van der Waals surface area contributed by atoms with Crippen LogP contribution in [0.25, 0.3) is 60.6 Å². The molecule has 3 heterocycles. The van der Waals surface area contributed by atoms with Crippen molar-refractivity contribution >= 4 is 45.5 Å². The molecule has 14 heteroatoms. The first-order valence-electron chi connectivity index (χ1n) is 38.7. The van der Waals surface area contributed by atoms with E-state index in [1.165, 1.54) is 178 Å². The van der Waals surface area contributed by atoms with Gasteiger partial charge in [0.25, 0.3) is 0 Å². The molecule has 575 valence electrons. The number of nitrogens with zero attached hydrogens (tertiary/aromatic N) is 5. The number of para-hydroxylation sites is 1. The molecule has 5 aliphatic carbocycles. The second kappa shape index (κ2) is 38.8. The number of nitrogens with one attached hydrogen (secondary N) is 2. The van der Waals surface area contributed by atoms with Gasteiger partial charge in [0.1, 0.15) is 5.75 Å². The molecule has 7 aromatic carbocycles. The number of aromatic nitrogens is 3. The van der Waals surface area contributed by atoms with Crippen LogP contribution in [0.1, 0.15) is 218 Å². The molecule has 5 fully saturated rings. The monoisotopic (exact) mass is 1920 g/mol. The van der Waals surface area contributed by atoms with E-state index in [0.717, 1.165) is 69.3 Å². The molecule has 9 aromatic rings. The Morgan fingerprint density at radius 1 is 0.617 bits per heavy atom. The van der Waals surface area contributed by atoms with Gasteiger partial charge in [0, 0.05) is 77.4 Å². The van der Waals surface area contributed by atoms with E-state index in [9.17, 15) is 15.9 Å². The average Bonchev–Trinajstić information content (AvgIpc) is 1.58. The first-order chi connectivity index (χ1) is 49.8. The number of phenolic OH excluding ortho intramolecular Hbond substituents is 1. The summed E-state index contributed by atoms with van der Waals surface area (Å²) < 4.78 is 13.6. The number of allylic oxidation sites excluding steroid dienone is 1. The second-order valence-electron chi connectivity index (χ2n) is 32.5. The van der Waals surface area contributed by atoms with Crippen LogP contribution in [0.15, 0.2) is 182 Å². The summed E-state index contributed by atoms with van der Waals surface area (Å²) in [5, 5.41) is 44.3. The van der Waals surface area contributed by atoms with Crippen LogP contribution in [0.2, 0.25) is 0 Å². The second-order valence-corrected chi connectivity index (χ2v) is 32.5. The van der Waals surface area contributed by atoms with Crippen LogP contribution in [0.5, 0.6) is 5.75 Å². The van der Waals surface area contributed by atoms with Gasteiger partial charge in [-0.3, -0.25) is 9.67 Å². The van der Waals surface area contributed by atoms with Crippen molar-refractivity contribution in [3.05, 3.63) is 238 Å². The quantitative estimate of drug-likeness (QED) is 0.0392. The third-order valence-electron chi connectivity index (χ3n) is 25.0. The minimum absolute atomic E-state index is 0. The van der Waals surface area contributed by atoms with Crippen molar-refractivity contribution in [3.8, 4) is 33.8 Å². The molecule has 107 heavy (non-hydrogen) atoms. The number of hydrogen-bond acceptors (Lipinski definition) is 7. The van der Waals surface area contributed by atoms with E-state index in [4.69, 9.17) is 14.6 Å². The minimum atomic E-state index is -0.463. The zero-order valence-corrected chi connectivity index (χ0v) is 71.4. The Bertz CT molecular complexity index is 4450. The number of fused-ring (bicyclic) bond motifs is 5. The molecule has 1 aliphatic heterocycles. The third kappa shape index (κ3) is 20.6. The fraction of sp³-hybridized carbons (Fsp3) is 0.441. The summed E-state index contributed by atoms with van der Waals surface area (Å²) in [6, 6.07) is 60.4. The number of hydrogen-bond donors (Lipinski definition) is 3. The SMILES string of the molecule is CC(C(C=[N-])=CNc1[c-]cc2c(c1)-c1ccccc1C2(C)C)C1(C)COCCO1.CC1(CC(C=[N-])=CNc2[c-]cccc2)CCCC1.CC1(Cc2ccc(O)c(-c3cc4ccccc4cn3)c2)CCCC1.CCC1(Cc2cc[c-]c(-n3ncc4cc(C(C)C5(CC)CCCC5)ccc43)c2)CCCC1.[Ir].[Ni].[Pd+2].[Pt+2]. The predicted molar refractivity (Wildman–Crippen MR) is 429 cm³/mol. The van der Waals surface area contributed by atoms with Crippen molar-refractivity contribution < 1.29 is 92.7 Å². The van der Waals surface area contributed by atoms with Crippen LogP contribution in [-0.2, 0) is 106 Å². The largest absolute Gasteiger partial charge is 2.00 e. The van der Waals surface area contributed by atoms with E-state index in [1.54, 1.807) is 0 Å². The van der Waals surface area contributed by atoms with Crippen LogP contribution >= 0.6 is 0 Å². The molecule has 3 unspecified atom stereocenters. The summed E-state index contributed by atoms with van der Waals surface area (Å²) in [6.45, 7) is 22.2. The van der Waals surface area contributed by atoms with E-state index in [-0.39, 0.29) is 89.4 Å². The standard InChI is InChI=1S/C30H39N2.C25H28N2O2.C22H23NO.C16H20N2.Ir.Ni.Pd.Pt/c1-4-29(15-6-7-16-29)21-24-11-10-12-27(19-24)32-28-14-13-25(20-26(28)22-31-32)23(3)30(5-2)17-8-9-18-30;1-17(25(4)16-28-11-12-29-25)18(14-26)15-27-19-9-10-23-21(13-19)20-7-5-6-8-22(20)24(23,2)3;1-22(10-4-5-11-22)14-16-8-9-21(24)19(12-16)20-13-17-6-2-3-7-18(17)15-23-20;1-16(9-5-6-10-16)11-14(12-17)13-18-15-7-3-2-4-8-15;;;;/h10-11,13-14,19-20,22-23H,4-9,15-18,21H2,1-3H3;5-8,10,13-15,17,27H,11-12,16H2,1-4H3;2-3,6-9,12-13,15,24H,4-5,10-11,14H2,1H3;2-4,7,12-13,18H,5-6,9-11H2,1H3;;;;/q-1;-2;;-2;;;2*+2. The number of benzene rings is 7. The molecule has 1 radical (unpaired) electrons. The number of pyridine rings is 1. The van der Waals surface area contributed by atoms with Crippen molar-refractivity contribution in [3.63, 3.8) is 0 Å².